The summed E-state index contributed by atoms with van der Waals surface area (Å²) in [5, 5.41) is 10.8. The molecule has 0 heterocycles. The number of hydrogen-bond donors (Lipinski definition) is 0. The van der Waals surface area contributed by atoms with Crippen molar-refractivity contribution in [2.45, 2.75) is 6.92 Å². The molecule has 0 bridgehead atoms. The maximum absolute atomic E-state index is 11.8. The first-order valence-corrected chi connectivity index (χ1v) is 7.15. The number of esters is 1. The largest absolute Gasteiger partial charge is 0.490 e. The van der Waals surface area contributed by atoms with Gasteiger partial charge in [-0.25, -0.2) is 4.79 Å². The summed E-state index contributed by atoms with van der Waals surface area (Å²) in [6.07, 6.45) is 0. The average molecular weight is 336 g/mol. The minimum atomic E-state index is -0.669. The van der Waals surface area contributed by atoms with Gasteiger partial charge >= 0.3 is 5.97 Å². The van der Waals surface area contributed by atoms with Crippen LogP contribution in [0.5, 0.6) is 5.75 Å². The van der Waals surface area contributed by atoms with Crippen LogP contribution >= 0.6 is 11.6 Å². The van der Waals surface area contributed by atoms with Gasteiger partial charge in [0.05, 0.1) is 10.5 Å². The van der Waals surface area contributed by atoms with E-state index in [0.717, 1.165) is 11.6 Å². The van der Waals surface area contributed by atoms with Gasteiger partial charge < -0.3 is 9.47 Å². The molecule has 0 unspecified atom stereocenters. The fourth-order valence-electron chi connectivity index (χ4n) is 1.79. The fourth-order valence-corrected chi connectivity index (χ4v) is 1.98. The summed E-state index contributed by atoms with van der Waals surface area (Å²) in [6.45, 7) is 2.19. The first kappa shape index (κ1) is 16.8. The Morgan fingerprint density at radius 3 is 2.52 bits per heavy atom. The van der Waals surface area contributed by atoms with Crippen LogP contribution in [0.3, 0.4) is 0 Å². The number of hydrogen-bond acceptors (Lipinski definition) is 5. The molecule has 0 atom stereocenters. The van der Waals surface area contributed by atoms with Gasteiger partial charge in [0, 0.05) is 6.07 Å². The molecule has 0 fully saturated rings. The Morgan fingerprint density at radius 2 is 1.87 bits per heavy atom. The van der Waals surface area contributed by atoms with E-state index < -0.39 is 10.9 Å². The first-order valence-electron chi connectivity index (χ1n) is 6.78. The Hall–Kier alpha value is -2.60. The summed E-state index contributed by atoms with van der Waals surface area (Å²) in [5.74, 6) is 0.00560. The molecule has 0 saturated heterocycles. The van der Waals surface area contributed by atoms with Gasteiger partial charge in [-0.2, -0.15) is 0 Å². The molecule has 0 aromatic heterocycles. The first-order chi connectivity index (χ1) is 11.0. The SMILES string of the molecule is Cc1ccc(OCCOC(=O)c2ccc(Cl)c([N+](=O)[O-])c2)cc1. The van der Waals surface area contributed by atoms with Crippen molar-refractivity contribution in [2.75, 3.05) is 13.2 Å². The van der Waals surface area contributed by atoms with E-state index in [1.807, 2.05) is 31.2 Å². The van der Waals surface area contributed by atoms with Gasteiger partial charge in [0.2, 0.25) is 0 Å². The zero-order valence-corrected chi connectivity index (χ0v) is 13.1. The van der Waals surface area contributed by atoms with Crippen molar-refractivity contribution in [1.29, 1.82) is 0 Å². The molecule has 2 rings (SSSR count). The number of carbonyl (C=O) groups excluding carboxylic acids is 1. The Kier molecular flexibility index (Phi) is 5.54. The van der Waals surface area contributed by atoms with Gasteiger partial charge in [-0.15, -0.1) is 0 Å². The molecular weight excluding hydrogens is 322 g/mol. The van der Waals surface area contributed by atoms with Crippen LogP contribution in [-0.2, 0) is 4.74 Å². The highest BCUT2D eigenvalue weighted by molar-refractivity contribution is 6.32. The molecule has 0 aliphatic carbocycles. The van der Waals surface area contributed by atoms with Crippen molar-refractivity contribution in [3.8, 4) is 5.75 Å². The Bertz CT molecular complexity index is 715. The molecule has 0 saturated carbocycles. The van der Waals surface area contributed by atoms with E-state index >= 15 is 0 Å². The molecule has 2 aromatic carbocycles. The zero-order valence-electron chi connectivity index (χ0n) is 12.3. The molecule has 0 radical (unpaired) electrons. The third kappa shape index (κ3) is 4.69. The van der Waals surface area contributed by atoms with E-state index in [4.69, 9.17) is 21.1 Å². The molecule has 0 spiro atoms. The molecule has 0 N–H and O–H groups in total. The minimum absolute atomic E-state index is 0.0309. The molecule has 0 amide bonds. The lowest BCUT2D eigenvalue weighted by atomic mass is 10.2. The molecule has 0 aliphatic rings. The number of nitro groups is 1. The topological polar surface area (TPSA) is 78.7 Å². The molecule has 2 aromatic rings. The van der Waals surface area contributed by atoms with Gasteiger partial charge in [0.25, 0.3) is 5.69 Å². The number of carbonyl (C=O) groups is 1. The van der Waals surface area contributed by atoms with E-state index in [0.29, 0.717) is 5.75 Å². The monoisotopic (exact) mass is 335 g/mol. The third-order valence-corrected chi connectivity index (χ3v) is 3.30. The van der Waals surface area contributed by atoms with E-state index in [2.05, 4.69) is 0 Å². The molecule has 23 heavy (non-hydrogen) atoms. The maximum Gasteiger partial charge on any atom is 0.338 e. The van der Waals surface area contributed by atoms with E-state index in [-0.39, 0.29) is 29.5 Å². The highest BCUT2D eigenvalue weighted by Gasteiger charge is 2.17. The summed E-state index contributed by atoms with van der Waals surface area (Å²) >= 11 is 5.69. The number of ether oxygens (including phenoxy) is 2. The van der Waals surface area contributed by atoms with Crippen LogP contribution in [0.4, 0.5) is 5.69 Å². The van der Waals surface area contributed by atoms with Crippen LogP contribution in [0.1, 0.15) is 15.9 Å². The number of aryl methyl sites for hydroxylation is 1. The molecule has 7 heteroatoms. The quantitative estimate of drug-likeness (QED) is 0.347. The second-order valence-electron chi connectivity index (χ2n) is 4.72. The van der Waals surface area contributed by atoms with Crippen molar-refractivity contribution in [1.82, 2.24) is 0 Å². The third-order valence-electron chi connectivity index (χ3n) is 2.98. The van der Waals surface area contributed by atoms with Crippen LogP contribution in [0, 0.1) is 17.0 Å². The molecule has 6 nitrogen and oxygen atoms in total. The lowest BCUT2D eigenvalue weighted by Crippen LogP contribution is -2.12. The van der Waals surface area contributed by atoms with Crippen molar-refractivity contribution >= 4 is 23.3 Å². The van der Waals surface area contributed by atoms with Crippen LogP contribution in [0.15, 0.2) is 42.5 Å². The summed E-state index contributed by atoms with van der Waals surface area (Å²) in [6, 6.07) is 11.2. The van der Waals surface area contributed by atoms with E-state index in [1.54, 1.807) is 0 Å². The Labute approximate surface area is 137 Å². The van der Waals surface area contributed by atoms with Gasteiger partial charge in [-0.05, 0) is 31.2 Å². The number of nitro benzene ring substituents is 1. The average Bonchev–Trinajstić information content (AvgIpc) is 2.53. The van der Waals surface area contributed by atoms with Crippen molar-refractivity contribution in [3.05, 3.63) is 68.7 Å². The fraction of sp³-hybridized carbons (Fsp3) is 0.188. The summed E-state index contributed by atoms with van der Waals surface area (Å²) in [4.78, 5) is 22.0. The molecule has 120 valence electrons. The highest BCUT2D eigenvalue weighted by atomic mass is 35.5. The standard InChI is InChI=1S/C16H14ClNO5/c1-11-2-5-13(6-3-11)22-8-9-23-16(19)12-4-7-14(17)15(10-12)18(20)21/h2-7,10H,8-9H2,1H3. The second kappa shape index (κ2) is 7.60. The summed E-state index contributed by atoms with van der Waals surface area (Å²) in [7, 11) is 0. The van der Waals surface area contributed by atoms with E-state index in [1.165, 1.54) is 12.1 Å². The lowest BCUT2D eigenvalue weighted by molar-refractivity contribution is -0.384. The smallest absolute Gasteiger partial charge is 0.338 e. The van der Waals surface area contributed by atoms with E-state index in [9.17, 15) is 14.9 Å². The van der Waals surface area contributed by atoms with Crippen LogP contribution in [0.2, 0.25) is 5.02 Å². The number of rotatable bonds is 6. The predicted molar refractivity (Wildman–Crippen MR) is 85.1 cm³/mol. The predicted octanol–water partition coefficient (Wildman–Crippen LogP) is 3.79. The van der Waals surface area contributed by atoms with Crippen LogP contribution in [0.25, 0.3) is 0 Å². The summed E-state index contributed by atoms with van der Waals surface area (Å²) < 4.78 is 10.4. The van der Waals surface area contributed by atoms with Crippen molar-refractivity contribution < 1.29 is 19.2 Å². The van der Waals surface area contributed by atoms with Gasteiger partial charge in [0.15, 0.2) is 0 Å². The van der Waals surface area contributed by atoms with Crippen LogP contribution in [-0.4, -0.2) is 24.1 Å². The van der Waals surface area contributed by atoms with Gasteiger partial charge in [-0.3, -0.25) is 10.1 Å². The number of benzene rings is 2. The zero-order chi connectivity index (χ0) is 16.8. The molecular formula is C16H14ClNO5. The van der Waals surface area contributed by atoms with Crippen molar-refractivity contribution in [2.24, 2.45) is 0 Å². The Balaban J connectivity index is 1.86. The number of nitrogens with zero attached hydrogens (tertiary/aromatic N) is 1. The van der Waals surface area contributed by atoms with Gasteiger partial charge in [0.1, 0.15) is 24.0 Å². The minimum Gasteiger partial charge on any atom is -0.490 e. The highest BCUT2D eigenvalue weighted by Crippen LogP contribution is 2.25. The maximum atomic E-state index is 11.8. The second-order valence-corrected chi connectivity index (χ2v) is 5.13. The van der Waals surface area contributed by atoms with Crippen LogP contribution < -0.4 is 4.74 Å². The normalized spacial score (nSPS) is 10.2. The molecule has 0 aliphatic heterocycles. The summed E-state index contributed by atoms with van der Waals surface area (Å²) in [5.41, 5.74) is 0.849. The van der Waals surface area contributed by atoms with Gasteiger partial charge in [-0.1, -0.05) is 29.3 Å². The van der Waals surface area contributed by atoms with Crippen molar-refractivity contribution in [3.63, 3.8) is 0 Å². The number of halogens is 1. The lowest BCUT2D eigenvalue weighted by Gasteiger charge is -2.08. The Morgan fingerprint density at radius 1 is 1.17 bits per heavy atom.